The standard InChI is InChI=1S/C48H84NO10P/c1-8-10-25-31-43(50)32-27-21-17-13-12-14-20-24-30-36-48(52)58-44(40-57-60(53,54)56-38-37-49(5,6)7)39-55-47(51)35-29-23-19-16-15-18-22-28-34-46-42(4)41(3)45(59-46)33-26-11-9-2/h10,17,21,25,27,32,43-44,50H,8-9,11-16,18-20,22-24,26,28-31,33-40H2,1-7H3/p+1/b21-17+,25-10+,32-27+/t43?,44-/m1/s1. The molecule has 1 aromatic rings. The van der Waals surface area contributed by atoms with Crippen LogP contribution in [0.3, 0.4) is 0 Å². The van der Waals surface area contributed by atoms with Gasteiger partial charge in [0.1, 0.15) is 31.3 Å². The van der Waals surface area contributed by atoms with Crippen molar-refractivity contribution in [2.45, 2.75) is 188 Å². The van der Waals surface area contributed by atoms with Crippen LogP contribution in [0.2, 0.25) is 0 Å². The Morgan fingerprint density at radius 3 is 1.88 bits per heavy atom. The second kappa shape index (κ2) is 34.0. The molecule has 0 aliphatic heterocycles. The third kappa shape index (κ3) is 30.5. The first-order valence-electron chi connectivity index (χ1n) is 23.2. The van der Waals surface area contributed by atoms with Crippen molar-refractivity contribution in [1.29, 1.82) is 0 Å². The van der Waals surface area contributed by atoms with Gasteiger partial charge < -0.3 is 28.4 Å². The van der Waals surface area contributed by atoms with E-state index in [0.29, 0.717) is 30.3 Å². The van der Waals surface area contributed by atoms with Crippen LogP contribution in [-0.2, 0) is 45.5 Å². The van der Waals surface area contributed by atoms with Crippen molar-refractivity contribution in [3.63, 3.8) is 0 Å². The zero-order valence-electron chi connectivity index (χ0n) is 38.8. The highest BCUT2D eigenvalue weighted by atomic mass is 31.2. The van der Waals surface area contributed by atoms with Crippen LogP contribution in [0.15, 0.2) is 40.9 Å². The van der Waals surface area contributed by atoms with Gasteiger partial charge in [0.15, 0.2) is 6.10 Å². The van der Waals surface area contributed by atoms with E-state index >= 15 is 0 Å². The summed E-state index contributed by atoms with van der Waals surface area (Å²) >= 11 is 0. The molecule has 0 amide bonds. The van der Waals surface area contributed by atoms with E-state index in [1.54, 1.807) is 6.08 Å². The predicted molar refractivity (Wildman–Crippen MR) is 243 cm³/mol. The molecule has 0 aliphatic carbocycles. The first-order valence-corrected chi connectivity index (χ1v) is 24.7. The number of aliphatic hydroxyl groups excluding tert-OH is 1. The van der Waals surface area contributed by atoms with Crippen molar-refractivity contribution >= 4 is 19.8 Å². The fourth-order valence-electron chi connectivity index (χ4n) is 6.52. The summed E-state index contributed by atoms with van der Waals surface area (Å²) in [6.07, 6.45) is 32.0. The zero-order valence-corrected chi connectivity index (χ0v) is 39.7. The number of nitrogens with zero attached hydrogens (tertiary/aromatic N) is 1. The molecule has 0 saturated carbocycles. The first kappa shape index (κ1) is 55.5. The Morgan fingerprint density at radius 2 is 1.28 bits per heavy atom. The lowest BCUT2D eigenvalue weighted by Gasteiger charge is -2.24. The number of hydrogen-bond donors (Lipinski definition) is 2. The number of carbonyl (C=O) groups is 2. The minimum atomic E-state index is -4.41. The molecule has 2 N–H and O–H groups in total. The number of aryl methyl sites for hydroxylation is 2. The minimum Gasteiger partial charge on any atom is -0.466 e. The Hall–Kier alpha value is -2.53. The maximum Gasteiger partial charge on any atom is 0.472 e. The average Bonchev–Trinajstić information content (AvgIpc) is 3.46. The summed E-state index contributed by atoms with van der Waals surface area (Å²) in [6.45, 7) is 8.47. The van der Waals surface area contributed by atoms with Crippen molar-refractivity contribution in [2.75, 3.05) is 47.5 Å². The number of carbonyl (C=O) groups excluding carboxylic acids is 2. The third-order valence-corrected chi connectivity index (χ3v) is 11.5. The van der Waals surface area contributed by atoms with E-state index in [4.69, 9.17) is 22.9 Å². The Bertz CT molecular complexity index is 1410. The first-order chi connectivity index (χ1) is 28.7. The lowest BCUT2D eigenvalue weighted by Crippen LogP contribution is -2.37. The summed E-state index contributed by atoms with van der Waals surface area (Å²) in [6, 6.07) is 0. The van der Waals surface area contributed by atoms with Crippen molar-refractivity contribution in [1.82, 2.24) is 0 Å². The van der Waals surface area contributed by atoms with Gasteiger partial charge in [-0.25, -0.2) is 4.57 Å². The van der Waals surface area contributed by atoms with Gasteiger partial charge in [-0.1, -0.05) is 121 Å². The number of phosphoric ester groups is 1. The van der Waals surface area contributed by atoms with Gasteiger partial charge in [-0.2, -0.15) is 0 Å². The Labute approximate surface area is 364 Å². The van der Waals surface area contributed by atoms with Crippen molar-refractivity contribution in [3.05, 3.63) is 59.1 Å². The van der Waals surface area contributed by atoms with Gasteiger partial charge in [-0.15, -0.1) is 0 Å². The Morgan fingerprint density at radius 1 is 0.717 bits per heavy atom. The van der Waals surface area contributed by atoms with E-state index in [-0.39, 0.29) is 26.1 Å². The molecule has 1 aromatic heterocycles. The second-order valence-corrected chi connectivity index (χ2v) is 18.6. The number of quaternary nitrogens is 1. The van der Waals surface area contributed by atoms with Crippen LogP contribution in [0.5, 0.6) is 0 Å². The van der Waals surface area contributed by atoms with Crippen LogP contribution in [0.4, 0.5) is 0 Å². The smallest absolute Gasteiger partial charge is 0.466 e. The molecule has 3 atom stereocenters. The molecular formula is C48H85NO10P+. The number of ether oxygens (including phenoxy) is 2. The third-order valence-electron chi connectivity index (χ3n) is 10.5. The van der Waals surface area contributed by atoms with Crippen LogP contribution >= 0.6 is 7.82 Å². The molecule has 0 aromatic carbocycles. The summed E-state index contributed by atoms with van der Waals surface area (Å²) in [5, 5.41) is 9.90. The summed E-state index contributed by atoms with van der Waals surface area (Å²) in [7, 11) is 1.41. The average molecular weight is 867 g/mol. The number of allylic oxidation sites excluding steroid dienone is 4. The highest BCUT2D eigenvalue weighted by molar-refractivity contribution is 7.47. The predicted octanol–water partition coefficient (Wildman–Crippen LogP) is 11.5. The number of hydrogen-bond acceptors (Lipinski definition) is 9. The van der Waals surface area contributed by atoms with Crippen LogP contribution in [0.1, 0.15) is 171 Å². The molecule has 12 heteroatoms. The number of esters is 2. The Kier molecular flexibility index (Phi) is 31.5. The van der Waals surface area contributed by atoms with E-state index < -0.39 is 38.6 Å². The maximum atomic E-state index is 12.7. The number of phosphoric acid groups is 1. The molecule has 1 rings (SSSR count). The molecule has 346 valence electrons. The van der Waals surface area contributed by atoms with Gasteiger partial charge in [0.25, 0.3) is 0 Å². The second-order valence-electron chi connectivity index (χ2n) is 17.2. The minimum absolute atomic E-state index is 0.0106. The number of aliphatic hydroxyl groups is 1. The van der Waals surface area contributed by atoms with E-state index in [2.05, 4.69) is 33.8 Å². The topological polar surface area (TPSA) is 142 Å². The summed E-state index contributed by atoms with van der Waals surface area (Å²) < 4.78 is 40.6. The van der Waals surface area contributed by atoms with Gasteiger partial charge in [-0.05, 0) is 76.3 Å². The Balaban J connectivity index is 2.37. The number of rotatable bonds is 38. The van der Waals surface area contributed by atoms with Gasteiger partial charge in [0.2, 0.25) is 0 Å². The fraction of sp³-hybridized carbons (Fsp3) is 0.750. The fourth-order valence-corrected chi connectivity index (χ4v) is 7.26. The van der Waals surface area contributed by atoms with Gasteiger partial charge in [0, 0.05) is 25.7 Å². The molecule has 1 heterocycles. The van der Waals surface area contributed by atoms with Gasteiger partial charge >= 0.3 is 19.8 Å². The van der Waals surface area contributed by atoms with Crippen LogP contribution in [-0.4, -0.2) is 86.1 Å². The molecule has 0 saturated heterocycles. The molecule has 0 spiro atoms. The van der Waals surface area contributed by atoms with Crippen LogP contribution < -0.4 is 0 Å². The van der Waals surface area contributed by atoms with Gasteiger partial charge in [0.05, 0.1) is 33.9 Å². The molecule has 0 radical (unpaired) electrons. The van der Waals surface area contributed by atoms with E-state index in [9.17, 15) is 24.2 Å². The molecule has 0 bridgehead atoms. The SMILES string of the molecule is CC/C=C/CC(O)/C=C/C=C/CCCCCCCC(=O)O[C@H](COC(=O)CCCCCCCCCCc1oc(CCCCC)c(C)c1C)COP(=O)(O)OCC[N+](C)(C)C. The quantitative estimate of drug-likeness (QED) is 0.0165. The maximum absolute atomic E-state index is 12.7. The van der Waals surface area contributed by atoms with E-state index in [0.717, 1.165) is 82.8 Å². The number of likely N-dealkylation sites (N-methyl/N-ethyl adjacent to an activating group) is 1. The van der Waals surface area contributed by atoms with E-state index in [1.807, 2.05) is 45.4 Å². The lowest BCUT2D eigenvalue weighted by atomic mass is 10.0. The van der Waals surface area contributed by atoms with Crippen LogP contribution in [0, 0.1) is 13.8 Å². The van der Waals surface area contributed by atoms with E-state index in [1.165, 1.54) is 55.4 Å². The number of unbranched alkanes of at least 4 members (excludes halogenated alkanes) is 14. The van der Waals surface area contributed by atoms with Gasteiger partial charge in [-0.3, -0.25) is 18.6 Å². The molecule has 0 fully saturated rings. The van der Waals surface area contributed by atoms with Crippen molar-refractivity contribution < 1.29 is 51.6 Å². The largest absolute Gasteiger partial charge is 0.472 e. The summed E-state index contributed by atoms with van der Waals surface area (Å²) in [5.41, 5.74) is 2.65. The monoisotopic (exact) mass is 867 g/mol. The summed E-state index contributed by atoms with van der Waals surface area (Å²) in [4.78, 5) is 35.5. The molecule has 11 nitrogen and oxygen atoms in total. The van der Waals surface area contributed by atoms with Crippen molar-refractivity contribution in [2.24, 2.45) is 0 Å². The highest BCUT2D eigenvalue weighted by Crippen LogP contribution is 2.43. The lowest BCUT2D eigenvalue weighted by molar-refractivity contribution is -0.870. The molecule has 0 aliphatic rings. The molecule has 2 unspecified atom stereocenters. The molecule has 60 heavy (non-hydrogen) atoms. The highest BCUT2D eigenvalue weighted by Gasteiger charge is 2.27. The van der Waals surface area contributed by atoms with Crippen molar-refractivity contribution in [3.8, 4) is 0 Å². The summed E-state index contributed by atoms with van der Waals surface area (Å²) in [5.74, 6) is 1.46. The van der Waals surface area contributed by atoms with Crippen LogP contribution in [0.25, 0.3) is 0 Å². The normalized spacial score (nSPS) is 14.3. The molecular weight excluding hydrogens is 781 g/mol. The zero-order chi connectivity index (χ0) is 44.5. The number of furan rings is 1.